The van der Waals surface area contributed by atoms with Crippen LogP contribution in [-0.2, 0) is 11.2 Å². The second-order valence-corrected chi connectivity index (χ2v) is 6.59. The molecule has 7 nitrogen and oxygen atoms in total. The maximum absolute atomic E-state index is 12.5. The van der Waals surface area contributed by atoms with Crippen LogP contribution in [0, 0.1) is 22.7 Å². The lowest BCUT2D eigenvalue weighted by atomic mass is 10.1. The van der Waals surface area contributed by atoms with Crippen LogP contribution >= 0.6 is 0 Å². The van der Waals surface area contributed by atoms with Gasteiger partial charge in [-0.3, -0.25) is 9.59 Å². The molecule has 152 valence electrons. The van der Waals surface area contributed by atoms with Gasteiger partial charge in [-0.15, -0.1) is 0 Å². The lowest BCUT2D eigenvalue weighted by Crippen LogP contribution is -2.16. The Morgan fingerprint density at radius 2 is 1.48 bits per heavy atom. The Labute approximate surface area is 179 Å². The summed E-state index contributed by atoms with van der Waals surface area (Å²) in [4.78, 5) is 24.9. The average molecular weight is 410 g/mol. The first kappa shape index (κ1) is 21.1. The first-order chi connectivity index (χ1) is 15.0. The standard InChI is InChI=1S/C24H18N4O3/c1-31-22-11-10-20(27-24(30)19-8-6-18(15-26)7-9-19)13-21(22)28-23(29)12-16-2-4-17(14-25)5-3-16/h2-11,13H,12H2,1H3,(H,27,30)(H,28,29). The number of nitrogens with one attached hydrogen (secondary N) is 2. The number of methoxy groups -OCH3 is 1. The van der Waals surface area contributed by atoms with Gasteiger partial charge in [0.25, 0.3) is 5.91 Å². The highest BCUT2D eigenvalue weighted by atomic mass is 16.5. The molecule has 2 N–H and O–H groups in total. The SMILES string of the molecule is COc1ccc(NC(=O)c2ccc(C#N)cc2)cc1NC(=O)Cc1ccc(C#N)cc1. The highest BCUT2D eigenvalue weighted by Crippen LogP contribution is 2.28. The molecule has 0 aliphatic heterocycles. The van der Waals surface area contributed by atoms with E-state index in [1.165, 1.54) is 7.11 Å². The van der Waals surface area contributed by atoms with Gasteiger partial charge in [0.2, 0.25) is 5.91 Å². The van der Waals surface area contributed by atoms with Gasteiger partial charge in [0.05, 0.1) is 42.5 Å². The number of hydrogen-bond donors (Lipinski definition) is 2. The third kappa shape index (κ3) is 5.47. The molecule has 3 aromatic carbocycles. The minimum atomic E-state index is -0.343. The summed E-state index contributed by atoms with van der Waals surface area (Å²) in [5, 5.41) is 23.3. The molecule has 0 unspecified atom stereocenters. The largest absolute Gasteiger partial charge is 0.495 e. The second-order valence-electron chi connectivity index (χ2n) is 6.59. The zero-order chi connectivity index (χ0) is 22.2. The Morgan fingerprint density at radius 3 is 2.06 bits per heavy atom. The van der Waals surface area contributed by atoms with Gasteiger partial charge in [0, 0.05) is 11.3 Å². The number of hydrogen-bond acceptors (Lipinski definition) is 5. The Hall–Kier alpha value is -4.62. The first-order valence-electron chi connectivity index (χ1n) is 9.31. The van der Waals surface area contributed by atoms with E-state index in [2.05, 4.69) is 10.6 Å². The number of carbonyl (C=O) groups excluding carboxylic acids is 2. The summed E-state index contributed by atoms with van der Waals surface area (Å²) >= 11 is 0. The molecule has 0 fully saturated rings. The summed E-state index contributed by atoms with van der Waals surface area (Å²) in [6.45, 7) is 0. The third-order valence-corrected chi connectivity index (χ3v) is 4.46. The van der Waals surface area contributed by atoms with Crippen molar-refractivity contribution in [3.63, 3.8) is 0 Å². The monoisotopic (exact) mass is 410 g/mol. The molecule has 0 saturated carbocycles. The first-order valence-corrected chi connectivity index (χ1v) is 9.31. The van der Waals surface area contributed by atoms with Crippen molar-refractivity contribution >= 4 is 23.2 Å². The van der Waals surface area contributed by atoms with Crippen molar-refractivity contribution in [1.29, 1.82) is 10.5 Å². The van der Waals surface area contributed by atoms with Crippen molar-refractivity contribution < 1.29 is 14.3 Å². The van der Waals surface area contributed by atoms with Crippen LogP contribution in [-0.4, -0.2) is 18.9 Å². The van der Waals surface area contributed by atoms with Gasteiger partial charge in [-0.05, 0) is 60.2 Å². The minimum absolute atomic E-state index is 0.122. The van der Waals surface area contributed by atoms with E-state index in [9.17, 15) is 9.59 Å². The third-order valence-electron chi connectivity index (χ3n) is 4.46. The zero-order valence-electron chi connectivity index (χ0n) is 16.7. The van der Waals surface area contributed by atoms with Gasteiger partial charge >= 0.3 is 0 Å². The molecule has 0 heterocycles. The van der Waals surface area contributed by atoms with Crippen LogP contribution < -0.4 is 15.4 Å². The molecule has 31 heavy (non-hydrogen) atoms. The van der Waals surface area contributed by atoms with Crippen LogP contribution in [0.1, 0.15) is 27.0 Å². The van der Waals surface area contributed by atoms with E-state index >= 15 is 0 Å². The summed E-state index contributed by atoms with van der Waals surface area (Å²) in [6.07, 6.45) is 0.122. The normalized spacial score (nSPS) is 9.77. The van der Waals surface area contributed by atoms with Crippen LogP contribution in [0.3, 0.4) is 0 Å². The molecule has 0 aliphatic carbocycles. The molecule has 2 amide bonds. The fourth-order valence-electron chi connectivity index (χ4n) is 2.86. The molecule has 0 aliphatic rings. The maximum Gasteiger partial charge on any atom is 0.255 e. The van der Waals surface area contributed by atoms with Crippen molar-refractivity contribution in [3.05, 3.63) is 89.0 Å². The van der Waals surface area contributed by atoms with Gasteiger partial charge < -0.3 is 15.4 Å². The predicted octanol–water partition coefficient (Wildman–Crippen LogP) is 3.87. The van der Waals surface area contributed by atoms with Crippen LogP contribution in [0.5, 0.6) is 5.75 Å². The Kier molecular flexibility index (Phi) is 6.62. The number of amides is 2. The minimum Gasteiger partial charge on any atom is -0.495 e. The summed E-state index contributed by atoms with van der Waals surface area (Å²) < 4.78 is 5.30. The van der Waals surface area contributed by atoms with Crippen molar-refractivity contribution in [3.8, 4) is 17.9 Å². The quantitative estimate of drug-likeness (QED) is 0.640. The molecule has 0 radical (unpaired) electrons. The number of carbonyl (C=O) groups is 2. The van der Waals surface area contributed by atoms with Crippen molar-refractivity contribution in [2.45, 2.75) is 6.42 Å². The van der Waals surface area contributed by atoms with E-state index in [0.717, 1.165) is 5.56 Å². The summed E-state index contributed by atoms with van der Waals surface area (Å²) in [5.74, 6) is -0.160. The number of benzene rings is 3. The van der Waals surface area contributed by atoms with Crippen LogP contribution in [0.25, 0.3) is 0 Å². The molecule has 0 saturated heterocycles. The van der Waals surface area contributed by atoms with Crippen LogP contribution in [0.4, 0.5) is 11.4 Å². The molecule has 0 atom stereocenters. The molecule has 0 aromatic heterocycles. The van der Waals surface area contributed by atoms with E-state index in [4.69, 9.17) is 15.3 Å². The van der Waals surface area contributed by atoms with Crippen LogP contribution in [0.15, 0.2) is 66.7 Å². The Balaban J connectivity index is 1.71. The molecular weight excluding hydrogens is 392 g/mol. The Morgan fingerprint density at radius 1 is 0.871 bits per heavy atom. The molecule has 3 aromatic rings. The van der Waals surface area contributed by atoms with E-state index in [1.807, 2.05) is 12.1 Å². The predicted molar refractivity (Wildman–Crippen MR) is 116 cm³/mol. The fourth-order valence-corrected chi connectivity index (χ4v) is 2.86. The molecular formula is C24H18N4O3. The van der Waals surface area contributed by atoms with Crippen molar-refractivity contribution in [2.75, 3.05) is 17.7 Å². The fraction of sp³-hybridized carbons (Fsp3) is 0.0833. The smallest absolute Gasteiger partial charge is 0.255 e. The summed E-state index contributed by atoms with van der Waals surface area (Å²) in [7, 11) is 1.49. The van der Waals surface area contributed by atoms with E-state index in [-0.39, 0.29) is 18.2 Å². The molecule has 7 heteroatoms. The average Bonchev–Trinajstić information content (AvgIpc) is 2.79. The van der Waals surface area contributed by atoms with Gasteiger partial charge in [-0.25, -0.2) is 0 Å². The topological polar surface area (TPSA) is 115 Å². The van der Waals surface area contributed by atoms with Crippen molar-refractivity contribution in [1.82, 2.24) is 0 Å². The van der Waals surface area contributed by atoms with E-state index in [1.54, 1.807) is 66.7 Å². The van der Waals surface area contributed by atoms with Gasteiger partial charge in [-0.2, -0.15) is 10.5 Å². The maximum atomic E-state index is 12.5. The molecule has 0 bridgehead atoms. The van der Waals surface area contributed by atoms with E-state index in [0.29, 0.717) is 33.8 Å². The van der Waals surface area contributed by atoms with Gasteiger partial charge in [0.15, 0.2) is 0 Å². The number of ether oxygens (including phenoxy) is 1. The van der Waals surface area contributed by atoms with E-state index < -0.39 is 0 Å². The van der Waals surface area contributed by atoms with Crippen molar-refractivity contribution in [2.24, 2.45) is 0 Å². The molecule has 0 spiro atoms. The number of anilines is 2. The number of rotatable bonds is 6. The second kappa shape index (κ2) is 9.73. The Bertz CT molecular complexity index is 1190. The molecule has 3 rings (SSSR count). The van der Waals surface area contributed by atoms with Crippen LogP contribution in [0.2, 0.25) is 0 Å². The highest BCUT2D eigenvalue weighted by molar-refractivity contribution is 6.05. The zero-order valence-corrected chi connectivity index (χ0v) is 16.7. The van der Waals surface area contributed by atoms with Gasteiger partial charge in [-0.1, -0.05) is 12.1 Å². The lowest BCUT2D eigenvalue weighted by molar-refractivity contribution is -0.115. The summed E-state index contributed by atoms with van der Waals surface area (Å²) in [6, 6.07) is 22.0. The summed E-state index contributed by atoms with van der Waals surface area (Å²) in [5.41, 5.74) is 3.05. The van der Waals surface area contributed by atoms with Gasteiger partial charge in [0.1, 0.15) is 5.75 Å². The number of nitriles is 2. The highest BCUT2D eigenvalue weighted by Gasteiger charge is 2.12. The number of nitrogens with zero attached hydrogens (tertiary/aromatic N) is 2. The lowest BCUT2D eigenvalue weighted by Gasteiger charge is -2.13.